The van der Waals surface area contributed by atoms with E-state index in [0.29, 0.717) is 23.8 Å². The van der Waals surface area contributed by atoms with Gasteiger partial charge in [0.1, 0.15) is 5.82 Å². The largest absolute Gasteiger partial charge is 0.308 e. The van der Waals surface area contributed by atoms with E-state index in [1.54, 1.807) is 4.90 Å². The van der Waals surface area contributed by atoms with Gasteiger partial charge in [0, 0.05) is 28.7 Å². The van der Waals surface area contributed by atoms with Crippen molar-refractivity contribution in [3.63, 3.8) is 0 Å². The fourth-order valence-electron chi connectivity index (χ4n) is 4.64. The molecule has 5 rings (SSSR count). The molecule has 176 valence electrons. The van der Waals surface area contributed by atoms with Crippen LogP contribution in [0.2, 0.25) is 0 Å². The van der Waals surface area contributed by atoms with Crippen LogP contribution in [0.5, 0.6) is 0 Å². The number of rotatable bonds is 5. The molecule has 3 aromatic rings. The number of carbonyl (C=O) groups is 2. The molecular formula is C26H27FN4O2S. The Labute approximate surface area is 202 Å². The maximum Gasteiger partial charge on any atom is 0.258 e. The summed E-state index contributed by atoms with van der Waals surface area (Å²) >= 11 is 1.42. The maximum absolute atomic E-state index is 13.2. The van der Waals surface area contributed by atoms with E-state index in [1.165, 1.54) is 48.4 Å². The van der Waals surface area contributed by atoms with E-state index in [1.807, 2.05) is 17.5 Å². The van der Waals surface area contributed by atoms with Crippen molar-refractivity contribution in [3.8, 4) is 11.3 Å². The number of nitrogens with one attached hydrogen (secondary N) is 1. The fourth-order valence-corrected chi connectivity index (χ4v) is 5.38. The van der Waals surface area contributed by atoms with Crippen LogP contribution in [0.3, 0.4) is 0 Å². The maximum atomic E-state index is 13.2. The third kappa shape index (κ3) is 5.03. The standard InChI is InChI=1S/C26H27FN4O2S/c27-21-8-5-18(6-9-21)25(33)31-14-11-20-15-19(7-10-23(20)31)22-17-34-26(28-22)29-24(32)16-30-12-3-1-2-4-13-30/h5-10,15,17H,1-4,11-14,16H2,(H,28,29,32). The van der Waals surface area contributed by atoms with Gasteiger partial charge in [-0.2, -0.15) is 0 Å². The molecule has 0 bridgehead atoms. The zero-order valence-electron chi connectivity index (χ0n) is 18.9. The Morgan fingerprint density at radius 3 is 2.53 bits per heavy atom. The molecule has 0 radical (unpaired) electrons. The highest BCUT2D eigenvalue weighted by Gasteiger charge is 2.26. The van der Waals surface area contributed by atoms with E-state index < -0.39 is 0 Å². The van der Waals surface area contributed by atoms with Crippen molar-refractivity contribution in [1.82, 2.24) is 9.88 Å². The number of amides is 2. The van der Waals surface area contributed by atoms with Crippen molar-refractivity contribution >= 4 is 34.0 Å². The van der Waals surface area contributed by atoms with Crippen molar-refractivity contribution in [2.45, 2.75) is 32.1 Å². The Morgan fingerprint density at radius 2 is 1.76 bits per heavy atom. The lowest BCUT2D eigenvalue weighted by Crippen LogP contribution is -2.33. The zero-order valence-corrected chi connectivity index (χ0v) is 19.7. The van der Waals surface area contributed by atoms with Gasteiger partial charge < -0.3 is 10.2 Å². The Kier molecular flexibility index (Phi) is 6.69. The first-order chi connectivity index (χ1) is 16.6. The first-order valence-corrected chi connectivity index (χ1v) is 12.6. The first-order valence-electron chi connectivity index (χ1n) is 11.8. The van der Waals surface area contributed by atoms with E-state index in [9.17, 15) is 14.0 Å². The molecule has 6 nitrogen and oxygen atoms in total. The highest BCUT2D eigenvalue weighted by atomic mass is 32.1. The van der Waals surface area contributed by atoms with Gasteiger partial charge >= 0.3 is 0 Å². The van der Waals surface area contributed by atoms with Gasteiger partial charge in [-0.25, -0.2) is 9.37 Å². The van der Waals surface area contributed by atoms with Crippen LogP contribution in [0.15, 0.2) is 47.8 Å². The van der Waals surface area contributed by atoms with Crippen LogP contribution in [0, 0.1) is 5.82 Å². The number of aromatic nitrogens is 1. The van der Waals surface area contributed by atoms with E-state index >= 15 is 0 Å². The Bertz CT molecular complexity index is 1190. The van der Waals surface area contributed by atoms with Crippen LogP contribution in [0.1, 0.15) is 41.6 Å². The number of anilines is 2. The van der Waals surface area contributed by atoms with Gasteiger partial charge in [0.25, 0.3) is 5.91 Å². The van der Waals surface area contributed by atoms with Crippen molar-refractivity contribution in [3.05, 3.63) is 64.8 Å². The molecule has 34 heavy (non-hydrogen) atoms. The average molecular weight is 479 g/mol. The molecule has 1 aromatic heterocycles. The molecule has 1 saturated heterocycles. The minimum absolute atomic E-state index is 0.0216. The molecule has 0 saturated carbocycles. The topological polar surface area (TPSA) is 65.5 Å². The highest BCUT2D eigenvalue weighted by molar-refractivity contribution is 7.14. The van der Waals surface area contributed by atoms with Gasteiger partial charge in [0.2, 0.25) is 5.91 Å². The number of carbonyl (C=O) groups excluding carboxylic acids is 2. The normalized spacial score (nSPS) is 16.2. The Hall–Kier alpha value is -3.10. The molecule has 0 spiro atoms. The van der Waals surface area contributed by atoms with Crippen LogP contribution in [-0.2, 0) is 11.2 Å². The molecule has 8 heteroatoms. The highest BCUT2D eigenvalue weighted by Crippen LogP contribution is 2.34. The van der Waals surface area contributed by atoms with E-state index in [0.717, 1.165) is 54.9 Å². The van der Waals surface area contributed by atoms with Crippen molar-refractivity contribution in [2.75, 3.05) is 36.4 Å². The second-order valence-electron chi connectivity index (χ2n) is 8.83. The second kappa shape index (κ2) is 10.0. The number of hydrogen-bond donors (Lipinski definition) is 1. The van der Waals surface area contributed by atoms with Gasteiger partial charge in [0.15, 0.2) is 5.13 Å². The molecule has 2 aliphatic heterocycles. The number of thiazole rings is 1. The molecular weight excluding hydrogens is 451 g/mol. The van der Waals surface area contributed by atoms with Crippen LogP contribution in [0.4, 0.5) is 15.2 Å². The summed E-state index contributed by atoms with van der Waals surface area (Å²) < 4.78 is 13.2. The van der Waals surface area contributed by atoms with Crippen LogP contribution >= 0.6 is 11.3 Å². The smallest absolute Gasteiger partial charge is 0.258 e. The third-order valence-electron chi connectivity index (χ3n) is 6.42. The molecule has 2 amide bonds. The summed E-state index contributed by atoms with van der Waals surface area (Å²) in [6.45, 7) is 2.95. The minimum atomic E-state index is -0.358. The summed E-state index contributed by atoms with van der Waals surface area (Å²) in [5.41, 5.74) is 4.19. The number of hydrogen-bond acceptors (Lipinski definition) is 5. The number of benzene rings is 2. The van der Waals surface area contributed by atoms with Gasteiger partial charge in [0.05, 0.1) is 12.2 Å². The van der Waals surface area contributed by atoms with E-state index in [-0.39, 0.29) is 17.6 Å². The summed E-state index contributed by atoms with van der Waals surface area (Å²) in [4.78, 5) is 34.0. The number of fused-ring (bicyclic) bond motifs is 1. The molecule has 0 unspecified atom stereocenters. The van der Waals surface area contributed by atoms with Gasteiger partial charge in [-0.1, -0.05) is 18.9 Å². The molecule has 2 aromatic carbocycles. The Morgan fingerprint density at radius 1 is 1.00 bits per heavy atom. The van der Waals surface area contributed by atoms with Crippen LogP contribution in [0.25, 0.3) is 11.3 Å². The molecule has 2 aliphatic rings. The van der Waals surface area contributed by atoms with Crippen molar-refractivity contribution in [2.24, 2.45) is 0 Å². The lowest BCUT2D eigenvalue weighted by Gasteiger charge is -2.18. The van der Waals surface area contributed by atoms with E-state index in [4.69, 9.17) is 0 Å². The quantitative estimate of drug-likeness (QED) is 0.563. The van der Waals surface area contributed by atoms with E-state index in [2.05, 4.69) is 21.3 Å². The SMILES string of the molecule is O=C(CN1CCCCCC1)Nc1nc(-c2ccc3c(c2)CCN3C(=O)c2ccc(F)cc2)cs1. The predicted octanol–water partition coefficient (Wildman–Crippen LogP) is 4.97. The second-order valence-corrected chi connectivity index (χ2v) is 9.69. The lowest BCUT2D eigenvalue weighted by atomic mass is 10.1. The zero-order chi connectivity index (χ0) is 23.5. The summed E-state index contributed by atoms with van der Waals surface area (Å²) in [6, 6.07) is 11.6. The summed E-state index contributed by atoms with van der Waals surface area (Å²) in [7, 11) is 0. The summed E-state index contributed by atoms with van der Waals surface area (Å²) in [6.07, 6.45) is 5.54. The monoisotopic (exact) mass is 478 g/mol. The number of likely N-dealkylation sites (tertiary alicyclic amines) is 1. The minimum Gasteiger partial charge on any atom is -0.308 e. The van der Waals surface area contributed by atoms with Crippen LogP contribution in [-0.4, -0.2) is 47.9 Å². The number of halogens is 1. The van der Waals surface area contributed by atoms with Gasteiger partial charge in [-0.15, -0.1) is 11.3 Å². The lowest BCUT2D eigenvalue weighted by molar-refractivity contribution is -0.117. The molecule has 1 N–H and O–H groups in total. The van der Waals surface area contributed by atoms with Crippen LogP contribution < -0.4 is 10.2 Å². The fraction of sp³-hybridized carbons (Fsp3) is 0.346. The number of nitrogens with zero attached hydrogens (tertiary/aromatic N) is 3. The molecule has 0 atom stereocenters. The average Bonchev–Trinajstić information content (AvgIpc) is 3.39. The Balaban J connectivity index is 1.25. The summed E-state index contributed by atoms with van der Waals surface area (Å²) in [5, 5.41) is 5.49. The summed E-state index contributed by atoms with van der Waals surface area (Å²) in [5.74, 6) is -0.509. The van der Waals surface area contributed by atoms with Gasteiger partial charge in [-0.3, -0.25) is 14.5 Å². The predicted molar refractivity (Wildman–Crippen MR) is 133 cm³/mol. The first kappa shape index (κ1) is 22.7. The molecule has 0 aliphatic carbocycles. The van der Waals surface area contributed by atoms with Gasteiger partial charge in [-0.05, 0) is 74.3 Å². The third-order valence-corrected chi connectivity index (χ3v) is 7.18. The molecule has 3 heterocycles. The molecule has 1 fully saturated rings. The van der Waals surface area contributed by atoms with Crippen molar-refractivity contribution in [1.29, 1.82) is 0 Å². The van der Waals surface area contributed by atoms with Crippen molar-refractivity contribution < 1.29 is 14.0 Å².